The minimum atomic E-state index is 0.697. The van der Waals surface area contributed by atoms with Crippen LogP contribution in [0.1, 0.15) is 12.8 Å². The van der Waals surface area contributed by atoms with Crippen LogP contribution in [0, 0.1) is 0 Å². The molecule has 0 aliphatic carbocycles. The molecular formula is C10H12BrNOS. The third-order valence-corrected chi connectivity index (χ3v) is 4.51. The highest BCUT2D eigenvalue weighted by Crippen LogP contribution is 2.33. The molecule has 2 rings (SSSR count). The standard InChI is InChI=1S/C10H12BrNOS/c11-9-7-12-4-1-10(9)14-8-2-5-13-6-3-8/h1,4,7-8H,2-3,5-6H2. The fourth-order valence-electron chi connectivity index (χ4n) is 1.43. The molecule has 0 atom stereocenters. The highest BCUT2D eigenvalue weighted by atomic mass is 79.9. The average molecular weight is 274 g/mol. The summed E-state index contributed by atoms with van der Waals surface area (Å²) in [7, 11) is 0. The summed E-state index contributed by atoms with van der Waals surface area (Å²) in [6, 6.07) is 2.06. The maximum absolute atomic E-state index is 5.33. The van der Waals surface area contributed by atoms with Crippen LogP contribution < -0.4 is 0 Å². The monoisotopic (exact) mass is 273 g/mol. The van der Waals surface area contributed by atoms with E-state index in [0.29, 0.717) is 5.25 Å². The normalized spacial score (nSPS) is 18.4. The Morgan fingerprint density at radius 3 is 2.93 bits per heavy atom. The third kappa shape index (κ3) is 2.72. The minimum Gasteiger partial charge on any atom is -0.381 e. The van der Waals surface area contributed by atoms with Crippen molar-refractivity contribution in [3.05, 3.63) is 22.9 Å². The van der Waals surface area contributed by atoms with E-state index < -0.39 is 0 Å². The molecule has 0 bridgehead atoms. The number of hydrogen-bond acceptors (Lipinski definition) is 3. The summed E-state index contributed by atoms with van der Waals surface area (Å²) in [5.74, 6) is 0. The lowest BCUT2D eigenvalue weighted by Crippen LogP contribution is -2.17. The van der Waals surface area contributed by atoms with Gasteiger partial charge in [-0.15, -0.1) is 11.8 Å². The Kier molecular flexibility index (Phi) is 3.84. The van der Waals surface area contributed by atoms with Gasteiger partial charge in [0.2, 0.25) is 0 Å². The number of pyridine rings is 1. The van der Waals surface area contributed by atoms with Crippen molar-refractivity contribution in [2.45, 2.75) is 23.0 Å². The van der Waals surface area contributed by atoms with Gasteiger partial charge in [0.25, 0.3) is 0 Å². The Hall–Kier alpha value is -0.0600. The van der Waals surface area contributed by atoms with Crippen LogP contribution in [0.15, 0.2) is 27.8 Å². The summed E-state index contributed by atoms with van der Waals surface area (Å²) in [6.07, 6.45) is 5.99. The molecule has 2 heterocycles. The molecule has 14 heavy (non-hydrogen) atoms. The lowest BCUT2D eigenvalue weighted by molar-refractivity contribution is 0.100. The van der Waals surface area contributed by atoms with Crippen molar-refractivity contribution in [1.29, 1.82) is 0 Å². The number of nitrogens with zero attached hydrogens (tertiary/aromatic N) is 1. The van der Waals surface area contributed by atoms with Gasteiger partial charge in [-0.1, -0.05) is 0 Å². The summed E-state index contributed by atoms with van der Waals surface area (Å²) < 4.78 is 6.42. The van der Waals surface area contributed by atoms with E-state index in [1.165, 1.54) is 4.90 Å². The summed E-state index contributed by atoms with van der Waals surface area (Å²) in [6.45, 7) is 1.81. The summed E-state index contributed by atoms with van der Waals surface area (Å²) >= 11 is 5.43. The molecule has 0 N–H and O–H groups in total. The predicted molar refractivity (Wildman–Crippen MR) is 61.6 cm³/mol. The third-order valence-electron chi connectivity index (χ3n) is 2.20. The number of rotatable bonds is 2. The van der Waals surface area contributed by atoms with Gasteiger partial charge in [-0.3, -0.25) is 4.98 Å². The van der Waals surface area contributed by atoms with Crippen LogP contribution >= 0.6 is 27.7 Å². The van der Waals surface area contributed by atoms with Crippen LogP contribution in [0.25, 0.3) is 0 Å². The summed E-state index contributed by atoms with van der Waals surface area (Å²) in [5, 5.41) is 0.697. The second-order valence-electron chi connectivity index (χ2n) is 3.24. The topological polar surface area (TPSA) is 22.1 Å². The maximum Gasteiger partial charge on any atom is 0.0494 e. The number of thioether (sulfide) groups is 1. The van der Waals surface area contributed by atoms with Crippen molar-refractivity contribution in [2.24, 2.45) is 0 Å². The van der Waals surface area contributed by atoms with Crippen molar-refractivity contribution in [2.75, 3.05) is 13.2 Å². The molecule has 1 aliphatic heterocycles. The van der Waals surface area contributed by atoms with Crippen molar-refractivity contribution in [1.82, 2.24) is 4.98 Å². The van der Waals surface area contributed by atoms with Crippen LogP contribution in [0.4, 0.5) is 0 Å². The van der Waals surface area contributed by atoms with Crippen molar-refractivity contribution < 1.29 is 4.74 Å². The molecule has 2 nitrogen and oxygen atoms in total. The molecule has 1 aromatic heterocycles. The van der Waals surface area contributed by atoms with Crippen LogP contribution in [0.3, 0.4) is 0 Å². The first-order valence-corrected chi connectivity index (χ1v) is 6.37. The first kappa shape index (κ1) is 10.5. The molecule has 0 saturated carbocycles. The van der Waals surface area contributed by atoms with E-state index in [1.807, 2.05) is 24.2 Å². The molecule has 0 aromatic carbocycles. The van der Waals surface area contributed by atoms with Crippen LogP contribution in [-0.2, 0) is 4.74 Å². The van der Waals surface area contributed by atoms with Gasteiger partial charge in [0.15, 0.2) is 0 Å². The molecule has 1 aliphatic rings. The van der Waals surface area contributed by atoms with Gasteiger partial charge in [-0.05, 0) is 34.8 Å². The fourth-order valence-corrected chi connectivity index (χ4v) is 3.05. The zero-order chi connectivity index (χ0) is 9.80. The number of ether oxygens (including phenoxy) is 1. The van der Waals surface area contributed by atoms with Gasteiger partial charge in [0, 0.05) is 40.2 Å². The zero-order valence-electron chi connectivity index (χ0n) is 7.78. The van der Waals surface area contributed by atoms with Crippen molar-refractivity contribution in [3.8, 4) is 0 Å². The fraction of sp³-hybridized carbons (Fsp3) is 0.500. The van der Waals surface area contributed by atoms with Crippen molar-refractivity contribution >= 4 is 27.7 Å². The molecule has 4 heteroatoms. The molecule has 1 saturated heterocycles. The Bertz CT molecular complexity index is 302. The van der Waals surface area contributed by atoms with Gasteiger partial charge in [0.1, 0.15) is 0 Å². The molecule has 0 radical (unpaired) electrons. The minimum absolute atomic E-state index is 0.697. The van der Waals surface area contributed by atoms with E-state index in [0.717, 1.165) is 30.5 Å². The second-order valence-corrected chi connectivity index (χ2v) is 5.43. The largest absolute Gasteiger partial charge is 0.381 e. The summed E-state index contributed by atoms with van der Waals surface area (Å²) in [5.41, 5.74) is 0. The first-order valence-electron chi connectivity index (χ1n) is 4.70. The SMILES string of the molecule is Brc1cnccc1SC1CCOCC1. The highest BCUT2D eigenvalue weighted by Gasteiger charge is 2.15. The molecule has 76 valence electrons. The molecule has 0 spiro atoms. The Morgan fingerprint density at radius 2 is 2.21 bits per heavy atom. The Labute approximate surface area is 96.6 Å². The molecule has 1 fully saturated rings. The quantitative estimate of drug-likeness (QED) is 0.827. The molecule has 0 amide bonds. The second kappa shape index (κ2) is 5.14. The van der Waals surface area contributed by atoms with Gasteiger partial charge < -0.3 is 4.74 Å². The smallest absolute Gasteiger partial charge is 0.0494 e. The first-order chi connectivity index (χ1) is 6.86. The van der Waals surface area contributed by atoms with Crippen LogP contribution in [-0.4, -0.2) is 23.4 Å². The van der Waals surface area contributed by atoms with Crippen LogP contribution in [0.5, 0.6) is 0 Å². The van der Waals surface area contributed by atoms with E-state index >= 15 is 0 Å². The van der Waals surface area contributed by atoms with Gasteiger partial charge >= 0.3 is 0 Å². The number of aromatic nitrogens is 1. The highest BCUT2D eigenvalue weighted by molar-refractivity contribution is 9.10. The van der Waals surface area contributed by atoms with E-state index in [9.17, 15) is 0 Å². The molecule has 1 aromatic rings. The van der Waals surface area contributed by atoms with Gasteiger partial charge in [-0.25, -0.2) is 0 Å². The Morgan fingerprint density at radius 1 is 1.43 bits per heavy atom. The summed E-state index contributed by atoms with van der Waals surface area (Å²) in [4.78, 5) is 5.34. The lowest BCUT2D eigenvalue weighted by Gasteiger charge is -2.21. The predicted octanol–water partition coefficient (Wildman–Crippen LogP) is 3.12. The van der Waals surface area contributed by atoms with Gasteiger partial charge in [0.05, 0.1) is 0 Å². The van der Waals surface area contributed by atoms with Gasteiger partial charge in [-0.2, -0.15) is 0 Å². The van der Waals surface area contributed by atoms with Crippen LogP contribution in [0.2, 0.25) is 0 Å². The molecular weight excluding hydrogens is 262 g/mol. The van der Waals surface area contributed by atoms with E-state index in [1.54, 1.807) is 0 Å². The number of hydrogen-bond donors (Lipinski definition) is 0. The van der Waals surface area contributed by atoms with E-state index in [-0.39, 0.29) is 0 Å². The molecule has 0 unspecified atom stereocenters. The zero-order valence-corrected chi connectivity index (χ0v) is 10.2. The average Bonchev–Trinajstić information content (AvgIpc) is 2.23. The van der Waals surface area contributed by atoms with E-state index in [2.05, 4.69) is 27.0 Å². The Balaban J connectivity index is 1.99. The maximum atomic E-state index is 5.33. The van der Waals surface area contributed by atoms with E-state index in [4.69, 9.17) is 4.74 Å². The lowest BCUT2D eigenvalue weighted by atomic mass is 10.2. The number of halogens is 1. The van der Waals surface area contributed by atoms with Crippen molar-refractivity contribution in [3.63, 3.8) is 0 Å².